The van der Waals surface area contributed by atoms with Gasteiger partial charge in [-0.3, -0.25) is 0 Å². The van der Waals surface area contributed by atoms with Crippen LogP contribution < -0.4 is 9.47 Å². The normalized spacial score (nSPS) is 15.9. The summed E-state index contributed by atoms with van der Waals surface area (Å²) in [5.41, 5.74) is 0.385. The SMILES string of the molecule is CCOC(=O)C1Oc2cc(C)c(S(=O)(=O)c3cccc(F)c3)cc2O1. The highest BCUT2D eigenvalue weighted by molar-refractivity contribution is 7.91. The molecule has 0 N–H and O–H groups in total. The first-order valence-corrected chi connectivity index (χ1v) is 8.96. The molecular weight excluding hydrogens is 351 g/mol. The van der Waals surface area contributed by atoms with E-state index in [2.05, 4.69) is 0 Å². The highest BCUT2D eigenvalue weighted by Gasteiger charge is 2.34. The lowest BCUT2D eigenvalue weighted by molar-refractivity contribution is -0.161. The van der Waals surface area contributed by atoms with Crippen molar-refractivity contribution in [1.82, 2.24) is 0 Å². The number of carbonyl (C=O) groups excluding carboxylic acids is 1. The van der Waals surface area contributed by atoms with Crippen molar-refractivity contribution in [3.63, 3.8) is 0 Å². The Labute approximate surface area is 144 Å². The van der Waals surface area contributed by atoms with E-state index >= 15 is 0 Å². The van der Waals surface area contributed by atoms with Gasteiger partial charge in [0.2, 0.25) is 9.84 Å². The zero-order chi connectivity index (χ0) is 18.2. The molecule has 0 fully saturated rings. The fourth-order valence-electron chi connectivity index (χ4n) is 2.44. The van der Waals surface area contributed by atoms with E-state index < -0.39 is 27.9 Å². The Hall–Kier alpha value is -2.61. The van der Waals surface area contributed by atoms with Gasteiger partial charge < -0.3 is 14.2 Å². The van der Waals surface area contributed by atoms with Gasteiger partial charge in [-0.1, -0.05) is 6.07 Å². The molecule has 1 heterocycles. The number of benzene rings is 2. The average Bonchev–Trinajstić information content (AvgIpc) is 2.97. The van der Waals surface area contributed by atoms with Crippen LogP contribution in [0, 0.1) is 12.7 Å². The molecule has 6 nitrogen and oxygen atoms in total. The van der Waals surface area contributed by atoms with Gasteiger partial charge in [0.05, 0.1) is 16.4 Å². The zero-order valence-corrected chi connectivity index (χ0v) is 14.3. The summed E-state index contributed by atoms with van der Waals surface area (Å²) in [7, 11) is -3.95. The van der Waals surface area contributed by atoms with Crippen LogP contribution >= 0.6 is 0 Å². The largest absolute Gasteiger partial charge is 0.460 e. The van der Waals surface area contributed by atoms with E-state index in [4.69, 9.17) is 14.2 Å². The number of halogens is 1. The van der Waals surface area contributed by atoms with E-state index in [9.17, 15) is 17.6 Å². The molecule has 0 amide bonds. The molecule has 1 unspecified atom stereocenters. The second-order valence-corrected chi connectivity index (χ2v) is 7.26. The fraction of sp³-hybridized carbons (Fsp3) is 0.235. The highest BCUT2D eigenvalue weighted by Crippen LogP contribution is 2.40. The molecule has 1 aliphatic heterocycles. The summed E-state index contributed by atoms with van der Waals surface area (Å²) >= 11 is 0. The number of carbonyl (C=O) groups is 1. The molecule has 1 atom stereocenters. The first-order valence-electron chi connectivity index (χ1n) is 7.48. The number of esters is 1. The van der Waals surface area contributed by atoms with E-state index in [1.54, 1.807) is 13.8 Å². The Balaban J connectivity index is 1.99. The van der Waals surface area contributed by atoms with Crippen LogP contribution in [-0.2, 0) is 19.4 Å². The van der Waals surface area contributed by atoms with Crippen LogP contribution in [0.3, 0.4) is 0 Å². The third kappa shape index (κ3) is 3.17. The summed E-state index contributed by atoms with van der Waals surface area (Å²) in [6.07, 6.45) is -1.28. The minimum Gasteiger partial charge on any atom is -0.460 e. The third-order valence-electron chi connectivity index (χ3n) is 3.58. The molecule has 8 heteroatoms. The molecule has 0 saturated carbocycles. The number of hydrogen-bond acceptors (Lipinski definition) is 6. The van der Waals surface area contributed by atoms with Gasteiger partial charge in [0.1, 0.15) is 5.82 Å². The van der Waals surface area contributed by atoms with Gasteiger partial charge in [-0.2, -0.15) is 0 Å². The van der Waals surface area contributed by atoms with Crippen LogP contribution in [0.1, 0.15) is 12.5 Å². The van der Waals surface area contributed by atoms with Crippen molar-refractivity contribution >= 4 is 15.8 Å². The average molecular weight is 366 g/mol. The first-order chi connectivity index (χ1) is 11.8. The van der Waals surface area contributed by atoms with Crippen molar-refractivity contribution in [2.75, 3.05) is 6.61 Å². The maximum Gasteiger partial charge on any atom is 0.389 e. The molecule has 2 aromatic rings. The van der Waals surface area contributed by atoms with Crippen LogP contribution in [0.15, 0.2) is 46.2 Å². The number of ether oxygens (including phenoxy) is 3. The van der Waals surface area contributed by atoms with Gasteiger partial charge in [0.15, 0.2) is 11.5 Å². The van der Waals surface area contributed by atoms with Crippen molar-refractivity contribution in [2.24, 2.45) is 0 Å². The van der Waals surface area contributed by atoms with Crippen molar-refractivity contribution in [3.05, 3.63) is 47.8 Å². The minimum atomic E-state index is -3.95. The van der Waals surface area contributed by atoms with Crippen LogP contribution in [-0.4, -0.2) is 27.3 Å². The molecule has 0 aliphatic carbocycles. The second kappa shape index (κ2) is 6.36. The Kier molecular flexibility index (Phi) is 4.38. The molecule has 0 bridgehead atoms. The van der Waals surface area contributed by atoms with Crippen LogP contribution in [0.4, 0.5) is 4.39 Å². The van der Waals surface area contributed by atoms with Gasteiger partial charge in [-0.15, -0.1) is 0 Å². The predicted molar refractivity (Wildman–Crippen MR) is 84.7 cm³/mol. The van der Waals surface area contributed by atoms with Crippen LogP contribution in [0.2, 0.25) is 0 Å². The molecule has 1 aliphatic rings. The molecule has 0 aromatic heterocycles. The minimum absolute atomic E-state index is 0.0510. The summed E-state index contributed by atoms with van der Waals surface area (Å²) in [4.78, 5) is 11.5. The van der Waals surface area contributed by atoms with Crippen molar-refractivity contribution in [3.8, 4) is 11.5 Å². The molecule has 132 valence electrons. The molecule has 0 spiro atoms. The predicted octanol–water partition coefficient (Wildman–Crippen LogP) is 2.63. The summed E-state index contributed by atoms with van der Waals surface area (Å²) in [6.45, 7) is 3.39. The summed E-state index contributed by atoms with van der Waals surface area (Å²) < 4.78 is 54.4. The lowest BCUT2D eigenvalue weighted by Crippen LogP contribution is -2.30. The van der Waals surface area contributed by atoms with Crippen LogP contribution in [0.25, 0.3) is 0 Å². The quantitative estimate of drug-likeness (QED) is 0.774. The maximum atomic E-state index is 13.4. The topological polar surface area (TPSA) is 78.9 Å². The fourth-order valence-corrected chi connectivity index (χ4v) is 3.96. The van der Waals surface area contributed by atoms with Gasteiger partial charge in [0.25, 0.3) is 0 Å². The standard InChI is InChI=1S/C17H15FO6S/c1-3-22-16(19)17-23-13-7-10(2)15(9-14(13)24-17)25(20,21)12-6-4-5-11(18)8-12/h4-9,17H,3H2,1-2H3. The number of sulfone groups is 1. The van der Waals surface area contributed by atoms with Crippen molar-refractivity contribution in [1.29, 1.82) is 0 Å². The van der Waals surface area contributed by atoms with E-state index in [0.717, 1.165) is 12.1 Å². The number of fused-ring (bicyclic) bond motifs is 1. The molecule has 25 heavy (non-hydrogen) atoms. The maximum absolute atomic E-state index is 13.4. The lowest BCUT2D eigenvalue weighted by atomic mass is 10.2. The molecule has 0 radical (unpaired) electrons. The zero-order valence-electron chi connectivity index (χ0n) is 13.5. The monoisotopic (exact) mass is 366 g/mol. The molecular formula is C17H15FO6S. The van der Waals surface area contributed by atoms with E-state index in [1.165, 1.54) is 24.3 Å². The molecule has 2 aromatic carbocycles. The summed E-state index contributed by atoms with van der Waals surface area (Å²) in [5, 5.41) is 0. The number of hydrogen-bond donors (Lipinski definition) is 0. The second-order valence-electron chi connectivity index (χ2n) is 5.34. The summed E-state index contributed by atoms with van der Waals surface area (Å²) in [5.74, 6) is -1.000. The third-order valence-corrected chi connectivity index (χ3v) is 5.48. The van der Waals surface area contributed by atoms with Gasteiger partial charge in [0, 0.05) is 6.07 Å². The Morgan fingerprint density at radius 2 is 1.88 bits per heavy atom. The van der Waals surface area contributed by atoms with E-state index in [0.29, 0.717) is 5.56 Å². The number of aryl methyl sites for hydroxylation is 1. The van der Waals surface area contributed by atoms with Crippen molar-refractivity contribution in [2.45, 2.75) is 29.9 Å². The smallest absolute Gasteiger partial charge is 0.389 e. The van der Waals surface area contributed by atoms with E-state index in [-0.39, 0.29) is 27.9 Å². The Bertz CT molecular complexity index is 938. The van der Waals surface area contributed by atoms with Gasteiger partial charge >= 0.3 is 12.3 Å². The Morgan fingerprint density at radius 1 is 1.20 bits per heavy atom. The van der Waals surface area contributed by atoms with Gasteiger partial charge in [-0.25, -0.2) is 17.6 Å². The molecule has 3 rings (SSSR count). The van der Waals surface area contributed by atoms with Gasteiger partial charge in [-0.05, 0) is 43.7 Å². The Morgan fingerprint density at radius 3 is 2.52 bits per heavy atom. The van der Waals surface area contributed by atoms with E-state index in [1.807, 2.05) is 0 Å². The first kappa shape index (κ1) is 17.2. The number of rotatable bonds is 4. The lowest BCUT2D eigenvalue weighted by Gasteiger charge is -2.09. The van der Waals surface area contributed by atoms with Crippen molar-refractivity contribution < 1.29 is 31.8 Å². The summed E-state index contributed by atoms with van der Waals surface area (Å²) in [6, 6.07) is 7.46. The molecule has 0 saturated heterocycles. The highest BCUT2D eigenvalue weighted by atomic mass is 32.2. The van der Waals surface area contributed by atoms with Crippen LogP contribution in [0.5, 0.6) is 11.5 Å².